The van der Waals surface area contributed by atoms with Gasteiger partial charge in [0.25, 0.3) is 0 Å². The van der Waals surface area contributed by atoms with Crippen LogP contribution in [0.5, 0.6) is 0 Å². The predicted octanol–water partition coefficient (Wildman–Crippen LogP) is 3.70. The number of alkyl halides is 3. The van der Waals surface area contributed by atoms with Crippen LogP contribution in [0.4, 0.5) is 22.0 Å². The molecule has 9 nitrogen and oxygen atoms in total. The van der Waals surface area contributed by atoms with E-state index in [0.29, 0.717) is 23.9 Å². The lowest BCUT2D eigenvalue weighted by atomic mass is 10.1. The predicted molar refractivity (Wildman–Crippen MR) is 120 cm³/mol. The maximum Gasteiger partial charge on any atom is 0.418 e. The van der Waals surface area contributed by atoms with E-state index < -0.39 is 47.9 Å². The molecule has 0 saturated carbocycles. The lowest BCUT2D eigenvalue weighted by molar-refractivity contribution is -0.250. The van der Waals surface area contributed by atoms with E-state index in [2.05, 4.69) is 20.6 Å². The molecule has 2 atom stereocenters. The molecule has 0 fully saturated rings. The normalized spacial score (nSPS) is 17.7. The number of carbonyl (C=O) groups excluding carboxylic acids is 1. The maximum absolute atomic E-state index is 14.7. The number of aromatic nitrogens is 3. The third kappa shape index (κ3) is 5.23. The molecule has 14 heteroatoms. The second-order valence-corrected chi connectivity index (χ2v) is 8.45. The number of aliphatic imine (C=N–C) groups is 1. The zero-order valence-corrected chi connectivity index (χ0v) is 19.5. The zero-order valence-electron chi connectivity index (χ0n) is 19.5. The number of carbonyl (C=O) groups is 1. The first-order chi connectivity index (χ1) is 17.4. The highest BCUT2D eigenvalue weighted by Crippen LogP contribution is 2.34. The fourth-order valence-electron chi connectivity index (χ4n) is 3.59. The SMILES string of the molecule is CC(=O)N1C(NCC(C)(O)C(F)(F)F)=C(F)C=NC1c1cc(-c2ccon2)n(Cc2ccccc2F)n1. The third-order valence-corrected chi connectivity index (χ3v) is 5.63. The van der Waals surface area contributed by atoms with Gasteiger partial charge in [0, 0.05) is 18.6 Å². The van der Waals surface area contributed by atoms with Crippen LogP contribution in [-0.4, -0.2) is 55.4 Å². The smallest absolute Gasteiger partial charge is 0.379 e. The lowest BCUT2D eigenvalue weighted by Crippen LogP contribution is -2.52. The molecule has 0 radical (unpaired) electrons. The molecule has 1 aliphatic rings. The molecule has 1 aromatic carbocycles. The average Bonchev–Trinajstić information content (AvgIpc) is 3.49. The van der Waals surface area contributed by atoms with Gasteiger partial charge in [0.15, 0.2) is 17.6 Å². The van der Waals surface area contributed by atoms with Gasteiger partial charge < -0.3 is 14.9 Å². The van der Waals surface area contributed by atoms with Crippen LogP contribution in [-0.2, 0) is 11.3 Å². The summed E-state index contributed by atoms with van der Waals surface area (Å²) in [6.07, 6.45) is -4.26. The summed E-state index contributed by atoms with van der Waals surface area (Å²) in [5.41, 5.74) is -2.15. The Morgan fingerprint density at radius 1 is 1.22 bits per heavy atom. The van der Waals surface area contributed by atoms with Crippen LogP contribution in [0.25, 0.3) is 11.4 Å². The molecule has 37 heavy (non-hydrogen) atoms. The zero-order chi connectivity index (χ0) is 27.0. The van der Waals surface area contributed by atoms with Crippen molar-refractivity contribution in [3.8, 4) is 11.4 Å². The first-order valence-corrected chi connectivity index (χ1v) is 10.9. The Hall–Kier alpha value is -4.07. The molecule has 0 saturated heterocycles. The summed E-state index contributed by atoms with van der Waals surface area (Å²) in [5, 5.41) is 20.2. The van der Waals surface area contributed by atoms with Gasteiger partial charge in [0.2, 0.25) is 5.91 Å². The number of nitrogens with zero attached hydrogens (tertiary/aromatic N) is 5. The van der Waals surface area contributed by atoms with E-state index >= 15 is 0 Å². The molecule has 196 valence electrons. The number of hydrogen-bond donors (Lipinski definition) is 2. The van der Waals surface area contributed by atoms with E-state index in [1.165, 1.54) is 35.2 Å². The molecule has 0 aliphatic carbocycles. The summed E-state index contributed by atoms with van der Waals surface area (Å²) in [6.45, 7) is 0.393. The molecule has 3 aromatic rings. The topological polar surface area (TPSA) is 109 Å². The van der Waals surface area contributed by atoms with E-state index in [-0.39, 0.29) is 12.2 Å². The second kappa shape index (κ2) is 9.76. The van der Waals surface area contributed by atoms with Gasteiger partial charge in [-0.25, -0.2) is 8.78 Å². The van der Waals surface area contributed by atoms with E-state index in [0.717, 1.165) is 18.0 Å². The minimum absolute atomic E-state index is 0.0465. The Morgan fingerprint density at radius 3 is 2.57 bits per heavy atom. The van der Waals surface area contributed by atoms with Crippen molar-refractivity contribution < 1.29 is 36.4 Å². The quantitative estimate of drug-likeness (QED) is 0.457. The number of rotatable bonds is 7. The number of halogens is 5. The molecule has 1 aliphatic heterocycles. The van der Waals surface area contributed by atoms with Crippen LogP contribution in [0.2, 0.25) is 0 Å². The fraction of sp³-hybridized carbons (Fsp3) is 0.304. The third-order valence-electron chi connectivity index (χ3n) is 5.63. The minimum Gasteiger partial charge on any atom is -0.379 e. The number of aliphatic hydroxyl groups is 1. The first kappa shape index (κ1) is 26.0. The Labute approximate surface area is 206 Å². The maximum atomic E-state index is 14.7. The van der Waals surface area contributed by atoms with Gasteiger partial charge in [-0.05, 0) is 19.1 Å². The van der Waals surface area contributed by atoms with Gasteiger partial charge in [-0.15, -0.1) is 0 Å². The molecule has 1 amide bonds. The molecular weight excluding hydrogens is 503 g/mol. The van der Waals surface area contributed by atoms with Gasteiger partial charge in [0.1, 0.15) is 29.3 Å². The summed E-state index contributed by atoms with van der Waals surface area (Å²) in [7, 11) is 0. The van der Waals surface area contributed by atoms with Gasteiger partial charge >= 0.3 is 6.18 Å². The van der Waals surface area contributed by atoms with E-state index in [9.17, 15) is 31.9 Å². The number of benzene rings is 1. The molecular formula is C23H21F5N6O3. The van der Waals surface area contributed by atoms with Crippen LogP contribution in [0.3, 0.4) is 0 Å². The Morgan fingerprint density at radius 2 is 1.95 bits per heavy atom. The standard InChI is InChI=1S/C23H21F5N6O3/c1-13(35)34-20(30-12-22(2,36)23(26,27)28)16(25)10-29-21(34)18-9-19(17-7-8-37-32-17)33(31-18)11-14-5-3-4-6-15(14)24/h3-10,21,30,36H,11-12H2,1-2H3. The molecule has 4 rings (SSSR count). The number of nitrogens with one attached hydrogen (secondary N) is 1. The van der Waals surface area contributed by atoms with Crippen LogP contribution in [0, 0.1) is 5.82 Å². The Kier molecular flexibility index (Phi) is 6.86. The van der Waals surface area contributed by atoms with Crippen molar-refractivity contribution in [1.29, 1.82) is 0 Å². The summed E-state index contributed by atoms with van der Waals surface area (Å²) < 4.78 is 74.6. The van der Waals surface area contributed by atoms with Gasteiger partial charge in [-0.2, -0.15) is 18.3 Å². The average molecular weight is 524 g/mol. The first-order valence-electron chi connectivity index (χ1n) is 10.9. The molecule has 2 unspecified atom stereocenters. The molecule has 3 heterocycles. The van der Waals surface area contributed by atoms with Crippen LogP contribution >= 0.6 is 0 Å². The molecule has 0 bridgehead atoms. The van der Waals surface area contributed by atoms with Crippen molar-refractivity contribution in [2.75, 3.05) is 6.54 Å². The molecule has 2 aromatic heterocycles. The molecule has 0 spiro atoms. The Bertz CT molecular complexity index is 1350. The van der Waals surface area contributed by atoms with Gasteiger partial charge in [-0.3, -0.25) is 19.4 Å². The van der Waals surface area contributed by atoms with Crippen molar-refractivity contribution in [2.45, 2.75) is 38.3 Å². The largest absolute Gasteiger partial charge is 0.418 e. The van der Waals surface area contributed by atoms with Gasteiger partial charge in [-0.1, -0.05) is 23.4 Å². The van der Waals surface area contributed by atoms with E-state index in [4.69, 9.17) is 4.52 Å². The van der Waals surface area contributed by atoms with Crippen molar-refractivity contribution in [2.24, 2.45) is 4.99 Å². The monoisotopic (exact) mass is 524 g/mol. The van der Waals surface area contributed by atoms with Crippen molar-refractivity contribution in [1.82, 2.24) is 25.2 Å². The van der Waals surface area contributed by atoms with E-state index in [1.807, 2.05) is 0 Å². The van der Waals surface area contributed by atoms with Gasteiger partial charge in [0.05, 0.1) is 25.0 Å². The number of allylic oxidation sites excluding steroid dienone is 1. The lowest BCUT2D eigenvalue weighted by Gasteiger charge is -2.34. The van der Waals surface area contributed by atoms with Crippen LogP contribution in [0.15, 0.2) is 63.8 Å². The Balaban J connectivity index is 1.71. The number of amides is 1. The fourth-order valence-corrected chi connectivity index (χ4v) is 3.59. The number of hydrogen-bond acceptors (Lipinski definition) is 7. The summed E-state index contributed by atoms with van der Waals surface area (Å²) in [4.78, 5) is 17.3. The summed E-state index contributed by atoms with van der Waals surface area (Å²) >= 11 is 0. The van der Waals surface area contributed by atoms with Crippen LogP contribution < -0.4 is 5.32 Å². The highest BCUT2D eigenvalue weighted by atomic mass is 19.4. The van der Waals surface area contributed by atoms with Crippen molar-refractivity contribution >= 4 is 12.1 Å². The summed E-state index contributed by atoms with van der Waals surface area (Å²) in [6, 6.07) is 9.00. The highest BCUT2D eigenvalue weighted by Gasteiger charge is 2.50. The molecule has 2 N–H and O–H groups in total. The second-order valence-electron chi connectivity index (χ2n) is 8.45. The van der Waals surface area contributed by atoms with E-state index in [1.54, 1.807) is 12.1 Å². The van der Waals surface area contributed by atoms with Crippen molar-refractivity contribution in [3.63, 3.8) is 0 Å². The minimum atomic E-state index is -5.02. The summed E-state index contributed by atoms with van der Waals surface area (Å²) in [5.74, 6) is -2.99. The van der Waals surface area contributed by atoms with Crippen molar-refractivity contribution in [3.05, 3.63) is 71.4 Å². The van der Waals surface area contributed by atoms with Crippen LogP contribution in [0.1, 0.15) is 31.3 Å². The highest BCUT2D eigenvalue weighted by molar-refractivity contribution is 5.83.